The van der Waals surface area contributed by atoms with Gasteiger partial charge in [-0.2, -0.15) is 4.98 Å². The Hall–Kier alpha value is -4.26. The van der Waals surface area contributed by atoms with Crippen LogP contribution in [0.4, 0.5) is 5.69 Å². The normalized spacial score (nSPS) is 10.9. The van der Waals surface area contributed by atoms with Gasteiger partial charge in [0.2, 0.25) is 11.7 Å². The first-order valence-electron chi connectivity index (χ1n) is 9.61. The molecular formula is C24H20N4O3. The van der Waals surface area contributed by atoms with Crippen LogP contribution in [0.3, 0.4) is 0 Å². The van der Waals surface area contributed by atoms with Crippen LogP contribution in [0.1, 0.15) is 11.3 Å². The summed E-state index contributed by atoms with van der Waals surface area (Å²) in [4.78, 5) is 21.2. The number of nitrogens with zero attached hydrogens (tertiary/aromatic N) is 3. The highest BCUT2D eigenvalue weighted by Gasteiger charge is 2.15. The summed E-state index contributed by atoms with van der Waals surface area (Å²) in [5.74, 6) is 1.23. The number of pyridine rings is 1. The largest absolute Gasteiger partial charge is 0.497 e. The van der Waals surface area contributed by atoms with Crippen molar-refractivity contribution in [2.75, 3.05) is 12.4 Å². The van der Waals surface area contributed by atoms with Crippen LogP contribution >= 0.6 is 0 Å². The molecule has 0 spiro atoms. The van der Waals surface area contributed by atoms with E-state index in [1.807, 2.05) is 61.5 Å². The van der Waals surface area contributed by atoms with E-state index in [1.165, 1.54) is 6.08 Å². The van der Waals surface area contributed by atoms with Crippen molar-refractivity contribution in [1.29, 1.82) is 0 Å². The molecule has 0 bridgehead atoms. The van der Waals surface area contributed by atoms with Gasteiger partial charge in [0, 0.05) is 23.5 Å². The predicted octanol–water partition coefficient (Wildman–Crippen LogP) is 4.77. The molecule has 0 radical (unpaired) electrons. The Morgan fingerprint density at radius 3 is 2.61 bits per heavy atom. The molecule has 4 rings (SSSR count). The lowest BCUT2D eigenvalue weighted by molar-refractivity contribution is -0.111. The minimum atomic E-state index is -0.272. The molecule has 0 aliphatic rings. The molecule has 0 saturated carbocycles. The number of carbonyl (C=O) groups is 1. The first kappa shape index (κ1) is 20.0. The third kappa shape index (κ3) is 4.84. The summed E-state index contributed by atoms with van der Waals surface area (Å²) in [5, 5.41) is 6.91. The van der Waals surface area contributed by atoms with E-state index in [1.54, 1.807) is 25.4 Å². The number of carbonyl (C=O) groups excluding carboxylic acids is 1. The number of aryl methyl sites for hydroxylation is 1. The molecule has 2 heterocycles. The Bertz CT molecular complexity index is 1210. The number of ether oxygens (including phenoxy) is 1. The number of para-hydroxylation sites is 1. The Morgan fingerprint density at radius 2 is 1.87 bits per heavy atom. The zero-order valence-electron chi connectivity index (χ0n) is 17.1. The van der Waals surface area contributed by atoms with E-state index in [9.17, 15) is 4.79 Å². The maximum absolute atomic E-state index is 12.5. The first-order chi connectivity index (χ1) is 15.1. The maximum atomic E-state index is 12.5. The monoisotopic (exact) mass is 412 g/mol. The maximum Gasteiger partial charge on any atom is 0.260 e. The van der Waals surface area contributed by atoms with E-state index < -0.39 is 0 Å². The highest BCUT2D eigenvalue weighted by Crippen LogP contribution is 2.28. The molecule has 1 N–H and O–H groups in total. The molecule has 0 fully saturated rings. The van der Waals surface area contributed by atoms with Crippen LogP contribution in [-0.2, 0) is 4.79 Å². The summed E-state index contributed by atoms with van der Waals surface area (Å²) in [5.41, 5.74) is 3.75. The van der Waals surface area contributed by atoms with E-state index >= 15 is 0 Å². The SMILES string of the molecule is COc1ccc(/C=C/C(=O)Nc2ccccc2-c2nc(-c3ccc(C)nc3)no2)cc1. The highest BCUT2D eigenvalue weighted by atomic mass is 16.5. The van der Waals surface area contributed by atoms with Gasteiger partial charge in [-0.05, 0) is 55.0 Å². The lowest BCUT2D eigenvalue weighted by atomic mass is 10.1. The number of anilines is 1. The highest BCUT2D eigenvalue weighted by molar-refractivity contribution is 6.03. The average Bonchev–Trinajstić information content (AvgIpc) is 3.29. The number of aromatic nitrogens is 3. The van der Waals surface area contributed by atoms with Crippen molar-refractivity contribution in [3.05, 3.63) is 84.2 Å². The third-order valence-electron chi connectivity index (χ3n) is 4.55. The topological polar surface area (TPSA) is 90.1 Å². The Kier molecular flexibility index (Phi) is 5.84. The molecule has 2 aromatic heterocycles. The number of methoxy groups -OCH3 is 1. The van der Waals surface area contributed by atoms with E-state index in [2.05, 4.69) is 20.4 Å². The molecule has 0 saturated heterocycles. The zero-order valence-corrected chi connectivity index (χ0v) is 17.1. The van der Waals surface area contributed by atoms with E-state index in [4.69, 9.17) is 9.26 Å². The molecule has 0 atom stereocenters. The third-order valence-corrected chi connectivity index (χ3v) is 4.55. The molecule has 2 aromatic carbocycles. The smallest absolute Gasteiger partial charge is 0.260 e. The molecule has 0 aliphatic carbocycles. The summed E-state index contributed by atoms with van der Waals surface area (Å²) in [6.45, 7) is 1.91. The van der Waals surface area contributed by atoms with Gasteiger partial charge in [-0.1, -0.05) is 29.4 Å². The van der Waals surface area contributed by atoms with Gasteiger partial charge in [-0.25, -0.2) is 0 Å². The van der Waals surface area contributed by atoms with Crippen molar-refractivity contribution >= 4 is 17.7 Å². The minimum Gasteiger partial charge on any atom is -0.497 e. The van der Waals surface area contributed by atoms with E-state index in [0.717, 1.165) is 22.6 Å². The Morgan fingerprint density at radius 1 is 1.06 bits per heavy atom. The molecule has 31 heavy (non-hydrogen) atoms. The quantitative estimate of drug-likeness (QED) is 0.459. The standard InChI is InChI=1S/C24H20N4O3/c1-16-7-11-18(15-25-16)23-27-24(31-28-23)20-5-3-4-6-21(20)26-22(29)14-10-17-8-12-19(30-2)13-9-17/h3-15H,1-2H3,(H,26,29)/b14-10+. The van der Waals surface area contributed by atoms with Gasteiger partial charge in [0.25, 0.3) is 5.89 Å². The van der Waals surface area contributed by atoms with Gasteiger partial charge in [0.1, 0.15) is 5.75 Å². The fourth-order valence-electron chi connectivity index (χ4n) is 2.89. The molecule has 7 heteroatoms. The van der Waals surface area contributed by atoms with Gasteiger partial charge < -0.3 is 14.6 Å². The molecule has 4 aromatic rings. The average molecular weight is 412 g/mol. The van der Waals surface area contributed by atoms with Gasteiger partial charge in [-0.15, -0.1) is 0 Å². The molecule has 0 aliphatic heterocycles. The number of rotatable bonds is 6. The summed E-state index contributed by atoms with van der Waals surface area (Å²) < 4.78 is 10.6. The fourth-order valence-corrected chi connectivity index (χ4v) is 2.89. The lowest BCUT2D eigenvalue weighted by Crippen LogP contribution is -2.08. The number of hydrogen-bond donors (Lipinski definition) is 1. The van der Waals surface area contributed by atoms with Crippen LogP contribution in [0.15, 0.2) is 77.5 Å². The van der Waals surface area contributed by atoms with Crippen molar-refractivity contribution < 1.29 is 14.1 Å². The lowest BCUT2D eigenvalue weighted by Gasteiger charge is -2.06. The van der Waals surface area contributed by atoms with Gasteiger partial charge in [-0.3, -0.25) is 9.78 Å². The number of hydrogen-bond acceptors (Lipinski definition) is 6. The second kappa shape index (κ2) is 9.04. The zero-order chi connectivity index (χ0) is 21.6. The minimum absolute atomic E-state index is 0.272. The van der Waals surface area contributed by atoms with Crippen molar-refractivity contribution in [2.24, 2.45) is 0 Å². The Labute approximate surface area is 179 Å². The molecule has 7 nitrogen and oxygen atoms in total. The Balaban J connectivity index is 1.51. The summed E-state index contributed by atoms with van der Waals surface area (Å²) in [7, 11) is 1.61. The molecule has 154 valence electrons. The summed E-state index contributed by atoms with van der Waals surface area (Å²) >= 11 is 0. The van der Waals surface area contributed by atoms with Gasteiger partial charge in [0.05, 0.1) is 18.4 Å². The second-order valence-electron chi connectivity index (χ2n) is 6.75. The molecule has 0 unspecified atom stereocenters. The van der Waals surface area contributed by atoms with Crippen molar-refractivity contribution in [1.82, 2.24) is 15.1 Å². The molecule has 1 amide bonds. The number of benzene rings is 2. The summed E-state index contributed by atoms with van der Waals surface area (Å²) in [6, 6.07) is 18.5. The number of nitrogens with one attached hydrogen (secondary N) is 1. The second-order valence-corrected chi connectivity index (χ2v) is 6.75. The van der Waals surface area contributed by atoms with E-state index in [0.29, 0.717) is 23.0 Å². The van der Waals surface area contributed by atoms with E-state index in [-0.39, 0.29) is 5.91 Å². The van der Waals surface area contributed by atoms with Crippen LogP contribution in [-0.4, -0.2) is 28.1 Å². The van der Waals surface area contributed by atoms with Gasteiger partial charge in [0.15, 0.2) is 0 Å². The van der Waals surface area contributed by atoms with Crippen LogP contribution in [0.5, 0.6) is 5.75 Å². The van der Waals surface area contributed by atoms with Crippen LogP contribution < -0.4 is 10.1 Å². The number of amides is 1. The van der Waals surface area contributed by atoms with Crippen LogP contribution in [0, 0.1) is 6.92 Å². The van der Waals surface area contributed by atoms with Crippen molar-refractivity contribution in [3.8, 4) is 28.6 Å². The first-order valence-corrected chi connectivity index (χ1v) is 9.61. The van der Waals surface area contributed by atoms with Crippen molar-refractivity contribution in [3.63, 3.8) is 0 Å². The summed E-state index contributed by atoms with van der Waals surface area (Å²) in [6.07, 6.45) is 4.89. The van der Waals surface area contributed by atoms with Crippen molar-refractivity contribution in [2.45, 2.75) is 6.92 Å². The molecular weight excluding hydrogens is 392 g/mol. The van der Waals surface area contributed by atoms with Crippen LogP contribution in [0.25, 0.3) is 28.9 Å². The van der Waals surface area contributed by atoms with Gasteiger partial charge >= 0.3 is 0 Å². The van der Waals surface area contributed by atoms with Crippen LogP contribution in [0.2, 0.25) is 0 Å². The predicted molar refractivity (Wildman–Crippen MR) is 118 cm³/mol. The fraction of sp³-hybridized carbons (Fsp3) is 0.0833.